The molecule has 0 saturated carbocycles. The quantitative estimate of drug-likeness (QED) is 0.628. The van der Waals surface area contributed by atoms with Crippen LogP contribution in [0, 0.1) is 0 Å². The lowest BCUT2D eigenvalue weighted by Crippen LogP contribution is -2.19. The molecule has 0 aromatic carbocycles. The van der Waals surface area contributed by atoms with E-state index in [1.165, 1.54) is 0 Å². The fourth-order valence-electron chi connectivity index (χ4n) is 0.642. The molecule has 0 aliphatic carbocycles. The Morgan fingerprint density at radius 3 is 2.89 bits per heavy atom. The van der Waals surface area contributed by atoms with Crippen molar-refractivity contribution in [3.63, 3.8) is 0 Å². The van der Waals surface area contributed by atoms with Gasteiger partial charge in [-0.1, -0.05) is 0 Å². The first-order valence-electron chi connectivity index (χ1n) is 3.01. The fourth-order valence-corrected chi connectivity index (χ4v) is 0.642. The highest BCUT2D eigenvalue weighted by Gasteiger charge is 1.96. The molecule has 1 unspecified atom stereocenters. The van der Waals surface area contributed by atoms with Crippen LogP contribution in [0.1, 0.15) is 13.1 Å². The Labute approximate surface area is 54.7 Å². The first kappa shape index (κ1) is 6.29. The van der Waals surface area contributed by atoms with Crippen molar-refractivity contribution in [3.05, 3.63) is 18.5 Å². The van der Waals surface area contributed by atoms with Gasteiger partial charge in [-0.05, 0) is 20.0 Å². The zero-order valence-electron chi connectivity index (χ0n) is 5.70. The summed E-state index contributed by atoms with van der Waals surface area (Å²) in [6.07, 6.45) is 4.00. The summed E-state index contributed by atoms with van der Waals surface area (Å²) in [5.41, 5.74) is 0. The van der Waals surface area contributed by atoms with E-state index >= 15 is 0 Å². The van der Waals surface area contributed by atoms with E-state index in [4.69, 9.17) is 0 Å². The van der Waals surface area contributed by atoms with E-state index in [-0.39, 0.29) is 0 Å². The van der Waals surface area contributed by atoms with Gasteiger partial charge in [-0.3, -0.25) is 10.00 Å². The van der Waals surface area contributed by atoms with Crippen molar-refractivity contribution in [3.8, 4) is 0 Å². The minimum atomic E-state index is 0.292. The average Bonchev–Trinajstić information content (AvgIpc) is 2.37. The van der Waals surface area contributed by atoms with E-state index in [9.17, 15) is 0 Å². The van der Waals surface area contributed by atoms with Crippen LogP contribution < -0.4 is 5.32 Å². The third-order valence-corrected chi connectivity index (χ3v) is 1.34. The van der Waals surface area contributed by atoms with Crippen LogP contribution in [0.15, 0.2) is 18.5 Å². The summed E-state index contributed by atoms with van der Waals surface area (Å²) in [4.78, 5) is 0. The topological polar surface area (TPSA) is 29.9 Å². The molecule has 3 heteroatoms. The van der Waals surface area contributed by atoms with Gasteiger partial charge in [0.2, 0.25) is 0 Å². The lowest BCUT2D eigenvalue weighted by atomic mass is 10.6. The number of rotatable bonds is 2. The maximum Gasteiger partial charge on any atom is 0.0982 e. The van der Waals surface area contributed by atoms with Crippen molar-refractivity contribution in [2.75, 3.05) is 7.05 Å². The van der Waals surface area contributed by atoms with Crippen LogP contribution in [-0.2, 0) is 0 Å². The predicted octanol–water partition coefficient (Wildman–Crippen LogP) is 0.621. The third-order valence-electron chi connectivity index (χ3n) is 1.34. The van der Waals surface area contributed by atoms with Crippen LogP contribution in [0.3, 0.4) is 0 Å². The van der Waals surface area contributed by atoms with Gasteiger partial charge in [0.25, 0.3) is 0 Å². The molecular weight excluding hydrogens is 114 g/mol. The molecule has 50 valence electrons. The summed E-state index contributed by atoms with van der Waals surface area (Å²) in [7, 11) is 1.91. The number of hydrogen-bond acceptors (Lipinski definition) is 2. The summed E-state index contributed by atoms with van der Waals surface area (Å²) in [6, 6.07) is 1.91. The van der Waals surface area contributed by atoms with Gasteiger partial charge >= 0.3 is 0 Å². The Hall–Kier alpha value is -0.830. The molecule has 1 aromatic heterocycles. The first-order chi connectivity index (χ1) is 4.34. The lowest BCUT2D eigenvalue weighted by molar-refractivity contribution is 0.433. The maximum atomic E-state index is 4.04. The molecule has 0 spiro atoms. The third kappa shape index (κ3) is 1.29. The standard InChI is InChI=1S/C6H11N3/c1-6(7-2)9-5-3-4-8-9/h3-7H,1-2H3. The Bertz CT molecular complexity index is 157. The van der Waals surface area contributed by atoms with Crippen LogP contribution in [0.5, 0.6) is 0 Å². The Kier molecular flexibility index (Phi) is 1.85. The van der Waals surface area contributed by atoms with Gasteiger partial charge in [0.05, 0.1) is 6.17 Å². The Morgan fingerprint density at radius 1 is 1.67 bits per heavy atom. The van der Waals surface area contributed by atoms with E-state index in [1.807, 2.05) is 30.9 Å². The molecule has 3 nitrogen and oxygen atoms in total. The number of nitrogens with zero attached hydrogens (tertiary/aromatic N) is 2. The highest BCUT2D eigenvalue weighted by molar-refractivity contribution is 4.79. The van der Waals surface area contributed by atoms with E-state index in [0.717, 1.165) is 0 Å². The van der Waals surface area contributed by atoms with E-state index in [0.29, 0.717) is 6.17 Å². The SMILES string of the molecule is CNC(C)n1cccn1. The molecule has 1 rings (SSSR count). The molecule has 1 N–H and O–H groups in total. The largest absolute Gasteiger partial charge is 0.299 e. The van der Waals surface area contributed by atoms with Crippen molar-refractivity contribution >= 4 is 0 Å². The Balaban J connectivity index is 2.65. The number of aromatic nitrogens is 2. The van der Waals surface area contributed by atoms with Crippen molar-refractivity contribution in [1.29, 1.82) is 0 Å². The van der Waals surface area contributed by atoms with Gasteiger partial charge in [0.15, 0.2) is 0 Å². The van der Waals surface area contributed by atoms with Crippen molar-refractivity contribution < 1.29 is 0 Å². The van der Waals surface area contributed by atoms with Crippen molar-refractivity contribution in [1.82, 2.24) is 15.1 Å². The minimum absolute atomic E-state index is 0.292. The van der Waals surface area contributed by atoms with E-state index in [1.54, 1.807) is 6.20 Å². The second-order valence-electron chi connectivity index (χ2n) is 1.95. The maximum absolute atomic E-state index is 4.04. The summed E-state index contributed by atoms with van der Waals surface area (Å²) in [5.74, 6) is 0. The van der Waals surface area contributed by atoms with Gasteiger partial charge in [0.1, 0.15) is 0 Å². The molecule has 0 aliphatic rings. The summed E-state index contributed by atoms with van der Waals surface area (Å²) in [5, 5.41) is 7.11. The molecule has 0 radical (unpaired) electrons. The summed E-state index contributed by atoms with van der Waals surface area (Å²) >= 11 is 0. The van der Waals surface area contributed by atoms with Crippen LogP contribution in [0.25, 0.3) is 0 Å². The molecule has 0 amide bonds. The van der Waals surface area contributed by atoms with E-state index < -0.39 is 0 Å². The second kappa shape index (κ2) is 2.64. The van der Waals surface area contributed by atoms with Gasteiger partial charge in [-0.2, -0.15) is 5.10 Å². The normalized spacial score (nSPS) is 13.6. The highest BCUT2D eigenvalue weighted by Crippen LogP contribution is 1.95. The number of nitrogens with one attached hydrogen (secondary N) is 1. The fraction of sp³-hybridized carbons (Fsp3) is 0.500. The van der Waals surface area contributed by atoms with E-state index in [2.05, 4.69) is 10.4 Å². The number of hydrogen-bond donors (Lipinski definition) is 1. The summed E-state index contributed by atoms with van der Waals surface area (Å²) < 4.78 is 1.86. The van der Waals surface area contributed by atoms with Gasteiger partial charge in [-0.15, -0.1) is 0 Å². The molecule has 0 bridgehead atoms. The molecule has 0 aliphatic heterocycles. The highest BCUT2D eigenvalue weighted by atomic mass is 15.3. The van der Waals surface area contributed by atoms with Gasteiger partial charge in [0, 0.05) is 12.4 Å². The monoisotopic (exact) mass is 125 g/mol. The van der Waals surface area contributed by atoms with Crippen LogP contribution >= 0.6 is 0 Å². The van der Waals surface area contributed by atoms with Crippen LogP contribution in [0.2, 0.25) is 0 Å². The molecular formula is C6H11N3. The summed E-state index contributed by atoms with van der Waals surface area (Å²) in [6.45, 7) is 2.05. The lowest BCUT2D eigenvalue weighted by Gasteiger charge is -2.08. The van der Waals surface area contributed by atoms with Gasteiger partial charge < -0.3 is 0 Å². The van der Waals surface area contributed by atoms with Gasteiger partial charge in [-0.25, -0.2) is 0 Å². The predicted molar refractivity (Wildman–Crippen MR) is 36.0 cm³/mol. The van der Waals surface area contributed by atoms with Crippen LogP contribution in [-0.4, -0.2) is 16.8 Å². The molecule has 1 atom stereocenters. The van der Waals surface area contributed by atoms with Crippen molar-refractivity contribution in [2.24, 2.45) is 0 Å². The van der Waals surface area contributed by atoms with Crippen molar-refractivity contribution in [2.45, 2.75) is 13.1 Å². The Morgan fingerprint density at radius 2 is 2.44 bits per heavy atom. The average molecular weight is 125 g/mol. The van der Waals surface area contributed by atoms with Crippen LogP contribution in [0.4, 0.5) is 0 Å². The smallest absolute Gasteiger partial charge is 0.0982 e. The molecule has 0 saturated heterocycles. The first-order valence-corrected chi connectivity index (χ1v) is 3.01. The molecule has 1 aromatic rings. The zero-order chi connectivity index (χ0) is 6.69. The zero-order valence-corrected chi connectivity index (χ0v) is 5.70. The molecule has 0 fully saturated rings. The minimum Gasteiger partial charge on any atom is -0.299 e. The molecule has 9 heavy (non-hydrogen) atoms. The molecule has 1 heterocycles. The second-order valence-corrected chi connectivity index (χ2v) is 1.95.